The third kappa shape index (κ3) is 4.30. The molecule has 1 saturated heterocycles. The number of amides is 2. The van der Waals surface area contributed by atoms with E-state index in [9.17, 15) is 9.59 Å². The number of rotatable bonds is 4. The summed E-state index contributed by atoms with van der Waals surface area (Å²) in [7, 11) is 2.87. The van der Waals surface area contributed by atoms with Gasteiger partial charge in [-0.2, -0.15) is 5.10 Å². The van der Waals surface area contributed by atoms with E-state index in [0.717, 1.165) is 5.01 Å². The minimum atomic E-state index is -0.292. The molecule has 0 aromatic heterocycles. The fourth-order valence-electron chi connectivity index (χ4n) is 1.59. The van der Waals surface area contributed by atoms with Crippen LogP contribution < -0.4 is 0 Å². The number of carbonyl (C=O) groups is 2. The third-order valence-corrected chi connectivity index (χ3v) is 2.78. The molecule has 1 rings (SSSR count). The van der Waals surface area contributed by atoms with Crippen LogP contribution in [0.25, 0.3) is 0 Å². The molecule has 2 amide bonds. The van der Waals surface area contributed by atoms with Gasteiger partial charge in [0.2, 0.25) is 5.91 Å². The molecule has 1 heterocycles. The number of carbonyl (C=O) groups excluding carboxylic acids is 2. The molecule has 0 N–H and O–H groups in total. The van der Waals surface area contributed by atoms with Gasteiger partial charge in [-0.1, -0.05) is 5.16 Å². The molecule has 1 aliphatic rings. The summed E-state index contributed by atoms with van der Waals surface area (Å²) in [6.07, 6.45) is 0. The number of morpholine rings is 1. The molecule has 0 spiro atoms. The highest BCUT2D eigenvalue weighted by Crippen LogP contribution is 2.02. The lowest BCUT2D eigenvalue weighted by atomic mass is 10.2. The Labute approximate surface area is 118 Å². The summed E-state index contributed by atoms with van der Waals surface area (Å²) >= 11 is 0. The Morgan fingerprint density at radius 3 is 2.35 bits per heavy atom. The molecule has 0 aromatic carbocycles. The van der Waals surface area contributed by atoms with Gasteiger partial charge in [0.05, 0.1) is 13.2 Å². The van der Waals surface area contributed by atoms with Gasteiger partial charge >= 0.3 is 0 Å². The van der Waals surface area contributed by atoms with Crippen LogP contribution in [0.4, 0.5) is 0 Å². The quantitative estimate of drug-likeness (QED) is 0.524. The number of ether oxygens (including phenoxy) is 1. The molecule has 1 aliphatic heterocycles. The Balaban J connectivity index is 3.00. The van der Waals surface area contributed by atoms with E-state index in [1.54, 1.807) is 11.8 Å². The second-order valence-corrected chi connectivity index (χ2v) is 4.26. The maximum atomic E-state index is 12.4. The highest BCUT2D eigenvalue weighted by molar-refractivity contribution is 6.66. The lowest BCUT2D eigenvalue weighted by Crippen LogP contribution is -2.46. The maximum absolute atomic E-state index is 12.4. The number of hydrogen-bond acceptors (Lipinski definition) is 6. The Kier molecular flexibility index (Phi) is 6.10. The van der Waals surface area contributed by atoms with Crippen molar-refractivity contribution in [1.29, 1.82) is 0 Å². The normalized spacial score (nSPS) is 16.9. The standard InChI is InChI=1S/C12H20N4O4/c1-9(14-19-4)11(13-15(3)10(2)17)12(18)16-5-7-20-8-6-16/h5-8H2,1-4H3. The van der Waals surface area contributed by atoms with Crippen LogP contribution in [0.15, 0.2) is 10.3 Å². The molecule has 20 heavy (non-hydrogen) atoms. The zero-order valence-electron chi connectivity index (χ0n) is 12.3. The first-order chi connectivity index (χ1) is 9.47. The van der Waals surface area contributed by atoms with E-state index in [1.165, 1.54) is 21.1 Å². The van der Waals surface area contributed by atoms with Crippen molar-refractivity contribution in [2.75, 3.05) is 40.5 Å². The summed E-state index contributed by atoms with van der Waals surface area (Å²) in [6, 6.07) is 0. The Hall–Kier alpha value is -1.96. The van der Waals surface area contributed by atoms with Gasteiger partial charge in [-0.3, -0.25) is 9.59 Å². The van der Waals surface area contributed by atoms with Crippen molar-refractivity contribution in [2.45, 2.75) is 13.8 Å². The Morgan fingerprint density at radius 2 is 1.85 bits per heavy atom. The summed E-state index contributed by atoms with van der Waals surface area (Å²) in [5, 5.41) is 8.85. The number of oxime groups is 1. The first kappa shape index (κ1) is 16.1. The van der Waals surface area contributed by atoms with Crippen molar-refractivity contribution in [1.82, 2.24) is 9.91 Å². The third-order valence-electron chi connectivity index (χ3n) is 2.78. The van der Waals surface area contributed by atoms with E-state index in [0.29, 0.717) is 32.0 Å². The lowest BCUT2D eigenvalue weighted by Gasteiger charge is -2.27. The molecule has 1 fully saturated rings. The number of nitrogens with zero attached hydrogens (tertiary/aromatic N) is 4. The van der Waals surface area contributed by atoms with Gasteiger partial charge in [-0.05, 0) is 6.92 Å². The topological polar surface area (TPSA) is 83.8 Å². The van der Waals surface area contributed by atoms with E-state index < -0.39 is 0 Å². The van der Waals surface area contributed by atoms with E-state index in [4.69, 9.17) is 4.74 Å². The van der Waals surface area contributed by atoms with E-state index in [1.807, 2.05) is 0 Å². The summed E-state index contributed by atoms with van der Waals surface area (Å²) < 4.78 is 5.20. The summed E-state index contributed by atoms with van der Waals surface area (Å²) in [6.45, 7) is 4.92. The molecule has 0 atom stereocenters. The number of hydrogen-bond donors (Lipinski definition) is 0. The van der Waals surface area contributed by atoms with E-state index >= 15 is 0 Å². The smallest absolute Gasteiger partial charge is 0.276 e. The molecular weight excluding hydrogens is 264 g/mol. The second kappa shape index (κ2) is 7.59. The molecule has 8 heteroatoms. The van der Waals surface area contributed by atoms with Gasteiger partial charge < -0.3 is 14.5 Å². The average molecular weight is 284 g/mol. The molecule has 0 aliphatic carbocycles. The minimum absolute atomic E-state index is 0.0893. The molecule has 0 bridgehead atoms. The fourth-order valence-corrected chi connectivity index (χ4v) is 1.59. The first-order valence-electron chi connectivity index (χ1n) is 6.25. The molecule has 0 saturated carbocycles. The van der Waals surface area contributed by atoms with E-state index in [-0.39, 0.29) is 17.5 Å². The maximum Gasteiger partial charge on any atom is 0.276 e. The summed E-state index contributed by atoms with van der Waals surface area (Å²) in [4.78, 5) is 30.0. The van der Waals surface area contributed by atoms with Crippen molar-refractivity contribution < 1.29 is 19.2 Å². The molecule has 8 nitrogen and oxygen atoms in total. The second-order valence-electron chi connectivity index (χ2n) is 4.26. The van der Waals surface area contributed by atoms with E-state index in [2.05, 4.69) is 15.1 Å². The van der Waals surface area contributed by atoms with Gasteiger partial charge in [0, 0.05) is 27.1 Å². The SMILES string of the molecule is CON=C(C)C(=NN(C)C(C)=O)C(=O)N1CCOCC1. The first-order valence-corrected chi connectivity index (χ1v) is 6.25. The van der Waals surface area contributed by atoms with Crippen molar-refractivity contribution >= 4 is 23.2 Å². The van der Waals surface area contributed by atoms with Crippen LogP contribution in [0.5, 0.6) is 0 Å². The van der Waals surface area contributed by atoms with Crippen LogP contribution in [0.1, 0.15) is 13.8 Å². The van der Waals surface area contributed by atoms with Crippen LogP contribution in [-0.4, -0.2) is 73.6 Å². The van der Waals surface area contributed by atoms with Crippen molar-refractivity contribution in [2.24, 2.45) is 10.3 Å². The predicted molar refractivity (Wildman–Crippen MR) is 73.4 cm³/mol. The minimum Gasteiger partial charge on any atom is -0.399 e. The van der Waals surface area contributed by atoms with Crippen LogP contribution in [0, 0.1) is 0 Å². The summed E-state index contributed by atoms with van der Waals surface area (Å²) in [5.74, 6) is -0.567. The monoisotopic (exact) mass is 284 g/mol. The zero-order valence-corrected chi connectivity index (χ0v) is 12.3. The molecule has 0 unspecified atom stereocenters. The largest absolute Gasteiger partial charge is 0.399 e. The Bertz CT molecular complexity index is 427. The van der Waals surface area contributed by atoms with Crippen molar-refractivity contribution in [3.8, 4) is 0 Å². The molecule has 0 aromatic rings. The predicted octanol–water partition coefficient (Wildman–Crippen LogP) is -0.298. The molecule has 0 radical (unpaired) electrons. The highest BCUT2D eigenvalue weighted by Gasteiger charge is 2.25. The van der Waals surface area contributed by atoms with Crippen molar-refractivity contribution in [3.05, 3.63) is 0 Å². The van der Waals surface area contributed by atoms with Crippen LogP contribution >= 0.6 is 0 Å². The van der Waals surface area contributed by atoms with Gasteiger partial charge in [0.1, 0.15) is 12.8 Å². The zero-order chi connectivity index (χ0) is 15.1. The van der Waals surface area contributed by atoms with Gasteiger partial charge in [0.25, 0.3) is 5.91 Å². The summed E-state index contributed by atoms with van der Waals surface area (Å²) in [5.41, 5.74) is 0.406. The van der Waals surface area contributed by atoms with Gasteiger partial charge in [0.15, 0.2) is 5.71 Å². The van der Waals surface area contributed by atoms with Crippen LogP contribution in [-0.2, 0) is 19.2 Å². The van der Waals surface area contributed by atoms with Gasteiger partial charge in [-0.15, -0.1) is 0 Å². The molecule has 112 valence electrons. The van der Waals surface area contributed by atoms with Crippen LogP contribution in [0.3, 0.4) is 0 Å². The van der Waals surface area contributed by atoms with Gasteiger partial charge in [-0.25, -0.2) is 5.01 Å². The van der Waals surface area contributed by atoms with Crippen LogP contribution in [0.2, 0.25) is 0 Å². The average Bonchev–Trinajstić information content (AvgIpc) is 2.44. The lowest BCUT2D eigenvalue weighted by molar-refractivity contribution is -0.128. The Morgan fingerprint density at radius 1 is 1.25 bits per heavy atom. The van der Waals surface area contributed by atoms with Crippen molar-refractivity contribution in [3.63, 3.8) is 0 Å². The number of hydrazone groups is 1. The molecular formula is C12H20N4O4. The highest BCUT2D eigenvalue weighted by atomic mass is 16.6. The fraction of sp³-hybridized carbons (Fsp3) is 0.667.